The highest BCUT2D eigenvalue weighted by atomic mass is 16.5. The zero-order chi connectivity index (χ0) is 10.1. The van der Waals surface area contributed by atoms with Crippen LogP contribution in [-0.2, 0) is 0 Å². The lowest BCUT2D eigenvalue weighted by molar-refractivity contribution is 0.0941. The summed E-state index contributed by atoms with van der Waals surface area (Å²) in [6.07, 6.45) is 1.52. The molecule has 0 aliphatic heterocycles. The lowest BCUT2D eigenvalue weighted by Gasteiger charge is -2.00. The van der Waals surface area contributed by atoms with Gasteiger partial charge in [0.05, 0.1) is 18.1 Å². The van der Waals surface area contributed by atoms with Gasteiger partial charge < -0.3 is 4.74 Å². The van der Waals surface area contributed by atoms with E-state index in [1.54, 1.807) is 13.2 Å². The maximum absolute atomic E-state index is 11.2. The summed E-state index contributed by atoms with van der Waals surface area (Å²) in [6, 6.07) is 5.44. The van der Waals surface area contributed by atoms with Crippen molar-refractivity contribution in [1.82, 2.24) is 9.55 Å². The van der Waals surface area contributed by atoms with Crippen LogP contribution in [0.2, 0.25) is 0 Å². The number of imidazole rings is 1. The SMILES string of the molecule is COc1ccc2ncn(C(C)=O)c2c1. The second kappa shape index (κ2) is 3.14. The Labute approximate surface area is 81.1 Å². The van der Waals surface area contributed by atoms with Gasteiger partial charge in [-0.3, -0.25) is 9.36 Å². The van der Waals surface area contributed by atoms with Gasteiger partial charge in [0.15, 0.2) is 0 Å². The van der Waals surface area contributed by atoms with Gasteiger partial charge in [0.2, 0.25) is 5.91 Å². The molecule has 4 heteroatoms. The van der Waals surface area contributed by atoms with E-state index in [9.17, 15) is 4.79 Å². The lowest BCUT2D eigenvalue weighted by atomic mass is 10.3. The van der Waals surface area contributed by atoms with Crippen LogP contribution in [0.15, 0.2) is 24.5 Å². The summed E-state index contributed by atoms with van der Waals surface area (Å²) in [5.41, 5.74) is 1.57. The molecule has 0 bridgehead atoms. The molecule has 1 aromatic heterocycles. The minimum atomic E-state index is -0.0549. The van der Waals surface area contributed by atoms with Gasteiger partial charge >= 0.3 is 0 Å². The zero-order valence-electron chi connectivity index (χ0n) is 8.02. The Bertz CT molecular complexity index is 488. The van der Waals surface area contributed by atoms with E-state index in [0.717, 1.165) is 16.8 Å². The molecule has 0 aliphatic carbocycles. The van der Waals surface area contributed by atoms with E-state index in [4.69, 9.17) is 4.74 Å². The van der Waals surface area contributed by atoms with Crippen LogP contribution in [0, 0.1) is 0 Å². The Kier molecular flexibility index (Phi) is 1.96. The van der Waals surface area contributed by atoms with Crippen molar-refractivity contribution in [2.24, 2.45) is 0 Å². The number of carbonyl (C=O) groups is 1. The van der Waals surface area contributed by atoms with Crippen LogP contribution in [0.4, 0.5) is 0 Å². The van der Waals surface area contributed by atoms with Crippen molar-refractivity contribution < 1.29 is 9.53 Å². The first-order valence-electron chi connectivity index (χ1n) is 4.24. The van der Waals surface area contributed by atoms with Crippen LogP contribution in [0.25, 0.3) is 11.0 Å². The number of carbonyl (C=O) groups excluding carboxylic acids is 1. The number of aromatic nitrogens is 2. The second-order valence-electron chi connectivity index (χ2n) is 2.99. The van der Waals surface area contributed by atoms with Gasteiger partial charge in [-0.1, -0.05) is 0 Å². The molecule has 0 spiro atoms. The minimum Gasteiger partial charge on any atom is -0.497 e. The fourth-order valence-electron chi connectivity index (χ4n) is 1.37. The second-order valence-corrected chi connectivity index (χ2v) is 2.99. The maximum atomic E-state index is 11.2. The van der Waals surface area contributed by atoms with E-state index in [1.165, 1.54) is 17.8 Å². The summed E-state index contributed by atoms with van der Waals surface area (Å²) in [6.45, 7) is 1.50. The third-order valence-electron chi connectivity index (χ3n) is 2.09. The molecule has 1 aromatic carbocycles. The quantitative estimate of drug-likeness (QED) is 0.687. The first kappa shape index (κ1) is 8.74. The number of nitrogens with zero attached hydrogens (tertiary/aromatic N) is 2. The van der Waals surface area contributed by atoms with E-state index in [-0.39, 0.29) is 5.91 Å². The molecule has 0 atom stereocenters. The molecule has 0 aliphatic rings. The first-order chi connectivity index (χ1) is 6.72. The van der Waals surface area contributed by atoms with E-state index < -0.39 is 0 Å². The smallest absolute Gasteiger partial charge is 0.229 e. The standard InChI is InChI=1S/C10H10N2O2/c1-7(13)12-6-11-9-4-3-8(14-2)5-10(9)12/h3-6H,1-2H3. The highest BCUT2D eigenvalue weighted by Gasteiger charge is 2.06. The van der Waals surface area contributed by atoms with Crippen molar-refractivity contribution in [1.29, 1.82) is 0 Å². The van der Waals surface area contributed by atoms with Crippen molar-refractivity contribution in [3.05, 3.63) is 24.5 Å². The van der Waals surface area contributed by atoms with Crippen LogP contribution in [0.5, 0.6) is 5.75 Å². The number of fused-ring (bicyclic) bond motifs is 1. The Morgan fingerprint density at radius 1 is 1.50 bits per heavy atom. The van der Waals surface area contributed by atoms with Crippen molar-refractivity contribution in [2.45, 2.75) is 6.92 Å². The van der Waals surface area contributed by atoms with Crippen LogP contribution in [-0.4, -0.2) is 22.6 Å². The molecular weight excluding hydrogens is 180 g/mol. The average molecular weight is 190 g/mol. The largest absolute Gasteiger partial charge is 0.497 e. The highest BCUT2D eigenvalue weighted by molar-refractivity contribution is 5.89. The molecule has 72 valence electrons. The number of methoxy groups -OCH3 is 1. The number of rotatable bonds is 1. The topological polar surface area (TPSA) is 44.1 Å². The van der Waals surface area contributed by atoms with E-state index in [1.807, 2.05) is 12.1 Å². The Balaban J connectivity index is 2.69. The molecule has 0 saturated heterocycles. The van der Waals surface area contributed by atoms with Crippen molar-refractivity contribution >= 4 is 16.9 Å². The first-order valence-corrected chi connectivity index (χ1v) is 4.24. The fraction of sp³-hybridized carbons (Fsp3) is 0.200. The number of hydrogen-bond acceptors (Lipinski definition) is 3. The molecule has 0 N–H and O–H groups in total. The Morgan fingerprint density at radius 3 is 2.93 bits per heavy atom. The van der Waals surface area contributed by atoms with E-state index in [2.05, 4.69) is 4.98 Å². The van der Waals surface area contributed by atoms with Gasteiger partial charge in [-0.25, -0.2) is 4.98 Å². The van der Waals surface area contributed by atoms with Crippen molar-refractivity contribution in [2.75, 3.05) is 7.11 Å². The molecular formula is C10H10N2O2. The molecule has 2 aromatic rings. The normalized spacial score (nSPS) is 10.4. The average Bonchev–Trinajstić information content (AvgIpc) is 2.59. The number of ether oxygens (including phenoxy) is 1. The van der Waals surface area contributed by atoms with Crippen LogP contribution >= 0.6 is 0 Å². The summed E-state index contributed by atoms with van der Waals surface area (Å²) in [7, 11) is 1.59. The molecule has 0 fully saturated rings. The molecule has 2 rings (SSSR count). The summed E-state index contributed by atoms with van der Waals surface area (Å²) in [5, 5.41) is 0. The van der Waals surface area contributed by atoms with E-state index in [0.29, 0.717) is 0 Å². The molecule has 14 heavy (non-hydrogen) atoms. The number of hydrogen-bond donors (Lipinski definition) is 0. The summed E-state index contributed by atoms with van der Waals surface area (Å²) in [5.74, 6) is 0.668. The minimum absolute atomic E-state index is 0.0549. The van der Waals surface area contributed by atoms with Gasteiger partial charge in [-0.15, -0.1) is 0 Å². The van der Waals surface area contributed by atoms with Gasteiger partial charge in [-0.05, 0) is 12.1 Å². The molecule has 0 unspecified atom stereocenters. The lowest BCUT2D eigenvalue weighted by Crippen LogP contribution is -2.02. The van der Waals surface area contributed by atoms with E-state index >= 15 is 0 Å². The highest BCUT2D eigenvalue weighted by Crippen LogP contribution is 2.19. The predicted molar refractivity (Wildman–Crippen MR) is 52.6 cm³/mol. The number of benzene rings is 1. The Hall–Kier alpha value is -1.84. The summed E-state index contributed by atoms with van der Waals surface area (Å²) >= 11 is 0. The monoisotopic (exact) mass is 190 g/mol. The van der Waals surface area contributed by atoms with Gasteiger partial charge in [0, 0.05) is 13.0 Å². The fourth-order valence-corrected chi connectivity index (χ4v) is 1.37. The molecule has 1 heterocycles. The predicted octanol–water partition coefficient (Wildman–Crippen LogP) is 1.70. The summed E-state index contributed by atoms with van der Waals surface area (Å²) < 4.78 is 6.57. The molecule has 4 nitrogen and oxygen atoms in total. The van der Waals surface area contributed by atoms with Crippen LogP contribution in [0.3, 0.4) is 0 Å². The maximum Gasteiger partial charge on any atom is 0.229 e. The van der Waals surface area contributed by atoms with Gasteiger partial charge in [0.25, 0.3) is 0 Å². The summed E-state index contributed by atoms with van der Waals surface area (Å²) in [4.78, 5) is 15.3. The third kappa shape index (κ3) is 1.25. The van der Waals surface area contributed by atoms with Gasteiger partial charge in [-0.2, -0.15) is 0 Å². The molecule has 0 radical (unpaired) electrons. The molecule has 0 amide bonds. The van der Waals surface area contributed by atoms with Gasteiger partial charge in [0.1, 0.15) is 12.1 Å². The molecule has 0 saturated carbocycles. The Morgan fingerprint density at radius 2 is 2.29 bits per heavy atom. The third-order valence-corrected chi connectivity index (χ3v) is 2.09. The van der Waals surface area contributed by atoms with Crippen molar-refractivity contribution in [3.63, 3.8) is 0 Å². The van der Waals surface area contributed by atoms with Crippen LogP contribution in [0.1, 0.15) is 11.7 Å². The zero-order valence-corrected chi connectivity index (χ0v) is 8.02. The van der Waals surface area contributed by atoms with Crippen LogP contribution < -0.4 is 4.74 Å². The van der Waals surface area contributed by atoms with Crippen molar-refractivity contribution in [3.8, 4) is 5.75 Å².